The molecule has 0 radical (unpaired) electrons. The van der Waals surface area contributed by atoms with Crippen molar-refractivity contribution >= 4 is 34.9 Å². The number of anilines is 2. The second kappa shape index (κ2) is 7.24. The molecule has 1 fully saturated rings. The van der Waals surface area contributed by atoms with Crippen molar-refractivity contribution in [2.24, 2.45) is 0 Å². The molecule has 4 rings (SSSR count). The van der Waals surface area contributed by atoms with Gasteiger partial charge in [0.05, 0.1) is 18.4 Å². The highest BCUT2D eigenvalue weighted by Crippen LogP contribution is 2.33. The predicted octanol–water partition coefficient (Wildman–Crippen LogP) is 3.53. The molecule has 0 bridgehead atoms. The lowest BCUT2D eigenvalue weighted by Crippen LogP contribution is -2.63. The number of benzene rings is 2. The minimum absolute atomic E-state index is 0.124. The first-order valence-corrected chi connectivity index (χ1v) is 9.46. The first kappa shape index (κ1) is 18.4. The van der Waals surface area contributed by atoms with E-state index in [4.69, 9.17) is 16.3 Å². The number of rotatable bonds is 2. The van der Waals surface area contributed by atoms with E-state index in [1.54, 1.807) is 54.5 Å². The van der Waals surface area contributed by atoms with Crippen LogP contribution in [0, 0.1) is 0 Å². The fraction of sp³-hybridized carbons (Fsp3) is 0.300. The molecule has 0 saturated carbocycles. The number of hydrogen-bond acceptors (Lipinski definition) is 4. The topological polar surface area (TPSA) is 82.7 Å². The number of urea groups is 1. The van der Waals surface area contributed by atoms with Crippen LogP contribution in [0.4, 0.5) is 16.2 Å². The van der Waals surface area contributed by atoms with E-state index < -0.39 is 5.66 Å². The van der Waals surface area contributed by atoms with Crippen LogP contribution in [0.3, 0.4) is 0 Å². The lowest BCUT2D eigenvalue weighted by atomic mass is 9.92. The standard InChI is InChI=1S/C20H21ClN4O3/c1-28-15-5-3-14(4-6-15)22-19(27)25-10-8-20(9-11-25)23-17-12-13(21)2-7-16(17)18(26)24-20/h2-7,12,23H,8-11H2,1H3,(H,22,27)(H,24,26). The van der Waals surface area contributed by atoms with Gasteiger partial charge in [-0.25, -0.2) is 4.79 Å². The van der Waals surface area contributed by atoms with Crippen LogP contribution in [0.5, 0.6) is 5.75 Å². The molecular formula is C20H21ClN4O3. The summed E-state index contributed by atoms with van der Waals surface area (Å²) in [4.78, 5) is 26.8. The molecule has 7 nitrogen and oxygen atoms in total. The zero-order chi connectivity index (χ0) is 19.7. The minimum Gasteiger partial charge on any atom is -0.497 e. The van der Waals surface area contributed by atoms with E-state index in [-0.39, 0.29) is 11.9 Å². The summed E-state index contributed by atoms with van der Waals surface area (Å²) in [6.45, 7) is 1.04. The van der Waals surface area contributed by atoms with E-state index in [2.05, 4.69) is 16.0 Å². The first-order chi connectivity index (χ1) is 13.5. The van der Waals surface area contributed by atoms with Crippen molar-refractivity contribution in [3.63, 3.8) is 0 Å². The maximum atomic E-state index is 12.6. The molecule has 1 spiro atoms. The Bertz CT molecular complexity index is 908. The third-order valence-corrected chi connectivity index (χ3v) is 5.43. The Morgan fingerprint density at radius 3 is 2.54 bits per heavy atom. The summed E-state index contributed by atoms with van der Waals surface area (Å²) in [7, 11) is 1.60. The number of nitrogens with zero attached hydrogens (tertiary/aromatic N) is 1. The van der Waals surface area contributed by atoms with E-state index in [0.717, 1.165) is 11.4 Å². The zero-order valence-electron chi connectivity index (χ0n) is 15.4. The number of hydrogen-bond donors (Lipinski definition) is 3. The number of carbonyl (C=O) groups excluding carboxylic acids is 2. The SMILES string of the molecule is COc1ccc(NC(=O)N2CCC3(CC2)NC(=O)c2ccc(Cl)cc2N3)cc1. The maximum absolute atomic E-state index is 12.6. The van der Waals surface area contributed by atoms with Gasteiger partial charge < -0.3 is 25.6 Å². The molecule has 146 valence electrons. The Kier molecular flexibility index (Phi) is 4.77. The number of piperidine rings is 1. The van der Waals surface area contributed by atoms with Crippen LogP contribution >= 0.6 is 11.6 Å². The highest BCUT2D eigenvalue weighted by atomic mass is 35.5. The summed E-state index contributed by atoms with van der Waals surface area (Å²) in [6, 6.07) is 12.2. The van der Waals surface area contributed by atoms with Gasteiger partial charge in [-0.1, -0.05) is 11.6 Å². The average molecular weight is 401 g/mol. The molecular weight excluding hydrogens is 380 g/mol. The molecule has 0 unspecified atom stereocenters. The lowest BCUT2D eigenvalue weighted by molar-refractivity contribution is 0.0852. The molecule has 2 heterocycles. The molecule has 2 aliphatic heterocycles. The van der Waals surface area contributed by atoms with Crippen LogP contribution in [0.2, 0.25) is 5.02 Å². The highest BCUT2D eigenvalue weighted by Gasteiger charge is 2.41. The molecule has 1 saturated heterocycles. The van der Waals surface area contributed by atoms with Crippen molar-refractivity contribution in [1.29, 1.82) is 0 Å². The summed E-state index contributed by atoms with van der Waals surface area (Å²) >= 11 is 6.07. The van der Waals surface area contributed by atoms with E-state index in [0.29, 0.717) is 42.2 Å². The fourth-order valence-corrected chi connectivity index (χ4v) is 3.78. The van der Waals surface area contributed by atoms with Crippen LogP contribution in [0.1, 0.15) is 23.2 Å². The van der Waals surface area contributed by atoms with Crippen LogP contribution in [0.25, 0.3) is 0 Å². The van der Waals surface area contributed by atoms with Gasteiger partial charge in [0.2, 0.25) is 0 Å². The molecule has 0 aromatic heterocycles. The Labute approximate surface area is 168 Å². The monoisotopic (exact) mass is 400 g/mol. The summed E-state index contributed by atoms with van der Waals surface area (Å²) in [5.74, 6) is 0.610. The second-order valence-electron chi connectivity index (χ2n) is 7.00. The van der Waals surface area contributed by atoms with E-state index >= 15 is 0 Å². The van der Waals surface area contributed by atoms with Gasteiger partial charge in [-0.05, 0) is 42.5 Å². The van der Waals surface area contributed by atoms with Crippen molar-refractivity contribution < 1.29 is 14.3 Å². The molecule has 0 aliphatic carbocycles. The van der Waals surface area contributed by atoms with Crippen LogP contribution < -0.4 is 20.7 Å². The second-order valence-corrected chi connectivity index (χ2v) is 7.43. The number of likely N-dealkylation sites (tertiary alicyclic amines) is 1. The van der Waals surface area contributed by atoms with Crippen molar-refractivity contribution in [3.05, 3.63) is 53.1 Å². The summed E-state index contributed by atoms with van der Waals surface area (Å²) in [6.07, 6.45) is 1.20. The number of halogens is 1. The maximum Gasteiger partial charge on any atom is 0.321 e. The first-order valence-electron chi connectivity index (χ1n) is 9.08. The van der Waals surface area contributed by atoms with Gasteiger partial charge in [0, 0.05) is 36.6 Å². The normalized spacial score (nSPS) is 17.4. The predicted molar refractivity (Wildman–Crippen MR) is 108 cm³/mol. The van der Waals surface area contributed by atoms with Gasteiger partial charge >= 0.3 is 6.03 Å². The quantitative estimate of drug-likeness (QED) is 0.720. The van der Waals surface area contributed by atoms with Crippen molar-refractivity contribution in [2.45, 2.75) is 18.5 Å². The molecule has 2 aliphatic rings. The minimum atomic E-state index is -0.564. The Morgan fingerprint density at radius 1 is 1.14 bits per heavy atom. The van der Waals surface area contributed by atoms with Crippen molar-refractivity contribution in [2.75, 3.05) is 30.8 Å². The molecule has 0 atom stereocenters. The van der Waals surface area contributed by atoms with Crippen molar-refractivity contribution in [1.82, 2.24) is 10.2 Å². The molecule has 8 heteroatoms. The van der Waals surface area contributed by atoms with Gasteiger partial charge in [0.1, 0.15) is 11.4 Å². The zero-order valence-corrected chi connectivity index (χ0v) is 16.2. The van der Waals surface area contributed by atoms with Gasteiger partial charge in [-0.2, -0.15) is 0 Å². The third kappa shape index (κ3) is 3.57. The number of nitrogens with one attached hydrogen (secondary N) is 3. The van der Waals surface area contributed by atoms with Gasteiger partial charge in [-0.15, -0.1) is 0 Å². The smallest absolute Gasteiger partial charge is 0.321 e. The average Bonchev–Trinajstić information content (AvgIpc) is 2.68. The Balaban J connectivity index is 1.40. The Hall–Kier alpha value is -2.93. The highest BCUT2D eigenvalue weighted by molar-refractivity contribution is 6.31. The lowest BCUT2D eigenvalue weighted by Gasteiger charge is -2.45. The van der Waals surface area contributed by atoms with E-state index in [1.807, 2.05) is 0 Å². The summed E-state index contributed by atoms with van der Waals surface area (Å²) in [5.41, 5.74) is 1.45. The number of methoxy groups -OCH3 is 1. The molecule has 2 aromatic carbocycles. The van der Waals surface area contributed by atoms with Crippen molar-refractivity contribution in [3.8, 4) is 5.75 Å². The number of ether oxygens (including phenoxy) is 1. The van der Waals surface area contributed by atoms with Crippen LogP contribution in [-0.4, -0.2) is 42.7 Å². The van der Waals surface area contributed by atoms with Crippen LogP contribution in [0.15, 0.2) is 42.5 Å². The number of carbonyl (C=O) groups is 2. The fourth-order valence-electron chi connectivity index (χ4n) is 3.61. The molecule has 3 N–H and O–H groups in total. The summed E-state index contributed by atoms with van der Waals surface area (Å²) < 4.78 is 5.12. The number of fused-ring (bicyclic) bond motifs is 1. The van der Waals surface area contributed by atoms with E-state index in [1.165, 1.54) is 0 Å². The van der Waals surface area contributed by atoms with E-state index in [9.17, 15) is 9.59 Å². The number of amides is 3. The third-order valence-electron chi connectivity index (χ3n) is 5.20. The largest absolute Gasteiger partial charge is 0.497 e. The molecule has 2 aromatic rings. The summed E-state index contributed by atoms with van der Waals surface area (Å²) in [5, 5.41) is 9.95. The van der Waals surface area contributed by atoms with Gasteiger partial charge in [-0.3, -0.25) is 4.79 Å². The van der Waals surface area contributed by atoms with Gasteiger partial charge in [0.25, 0.3) is 5.91 Å². The molecule has 3 amide bonds. The van der Waals surface area contributed by atoms with Crippen LogP contribution in [-0.2, 0) is 0 Å². The van der Waals surface area contributed by atoms with Gasteiger partial charge in [0.15, 0.2) is 0 Å². The Morgan fingerprint density at radius 2 is 1.86 bits per heavy atom. The molecule has 28 heavy (non-hydrogen) atoms.